The first-order valence-electron chi connectivity index (χ1n) is 4.76. The molecule has 1 atom stereocenters. The molecule has 2 aliphatic rings. The van der Waals surface area contributed by atoms with E-state index in [0.29, 0.717) is 32.7 Å². The maximum atomic E-state index is 5.59. The fourth-order valence-electron chi connectivity index (χ4n) is 1.23. The van der Waals surface area contributed by atoms with Crippen LogP contribution in [0.15, 0.2) is 0 Å². The normalized spacial score (nSPS) is 29.8. The predicted octanol–water partition coefficient (Wildman–Crippen LogP) is 0.555. The minimum absolute atomic E-state index is 0.0651. The quantitative estimate of drug-likeness (QED) is 0.347. The van der Waals surface area contributed by atoms with Crippen molar-refractivity contribution in [2.45, 2.75) is 25.0 Å². The molecule has 0 aromatic rings. The van der Waals surface area contributed by atoms with Gasteiger partial charge in [0.1, 0.15) is 18.5 Å². The van der Waals surface area contributed by atoms with E-state index in [1.54, 1.807) is 0 Å². The van der Waals surface area contributed by atoms with Gasteiger partial charge in [0.2, 0.25) is 0 Å². The topological polar surface area (TPSA) is 40.2 Å². The van der Waals surface area contributed by atoms with Gasteiger partial charge >= 0.3 is 0 Å². The van der Waals surface area contributed by atoms with E-state index in [9.17, 15) is 0 Å². The minimum Gasteiger partial charge on any atom is -0.375 e. The van der Waals surface area contributed by atoms with E-state index < -0.39 is 0 Å². The maximum Gasteiger partial charge on any atom is 0.147 e. The van der Waals surface area contributed by atoms with Crippen LogP contribution in [0, 0.1) is 0 Å². The largest absolute Gasteiger partial charge is 0.375 e. The van der Waals surface area contributed by atoms with Crippen molar-refractivity contribution in [3.05, 3.63) is 0 Å². The molecular formula is C9H16O4. The molecule has 0 radical (unpaired) electrons. The average Bonchev–Trinajstić information content (AvgIpc) is 2.86. The number of hydrogen-bond donors (Lipinski definition) is 0. The lowest BCUT2D eigenvalue weighted by Crippen LogP contribution is -2.51. The predicted molar refractivity (Wildman–Crippen MR) is 45.5 cm³/mol. The Bertz CT molecular complexity index is 157. The molecule has 2 fully saturated rings. The van der Waals surface area contributed by atoms with Crippen LogP contribution >= 0.6 is 0 Å². The summed E-state index contributed by atoms with van der Waals surface area (Å²) in [6, 6.07) is 0. The van der Waals surface area contributed by atoms with E-state index in [2.05, 4.69) is 6.92 Å². The Kier molecular flexibility index (Phi) is 2.83. The number of rotatable bonds is 6. The van der Waals surface area contributed by atoms with Crippen molar-refractivity contribution in [1.82, 2.24) is 0 Å². The first-order chi connectivity index (χ1) is 6.35. The van der Waals surface area contributed by atoms with E-state index in [-0.39, 0.29) is 5.60 Å². The van der Waals surface area contributed by atoms with Gasteiger partial charge in [0.25, 0.3) is 0 Å². The fourth-order valence-corrected chi connectivity index (χ4v) is 1.23. The number of ether oxygens (including phenoxy) is 4. The van der Waals surface area contributed by atoms with Gasteiger partial charge in [-0.3, -0.25) is 0 Å². The Hall–Kier alpha value is -0.160. The molecule has 0 saturated carbocycles. The third-order valence-electron chi connectivity index (χ3n) is 2.53. The minimum atomic E-state index is -0.0651. The van der Waals surface area contributed by atoms with Gasteiger partial charge in [-0.05, 0) is 6.42 Å². The summed E-state index contributed by atoms with van der Waals surface area (Å²) in [5.41, 5.74) is -0.0651. The molecule has 2 saturated heterocycles. The van der Waals surface area contributed by atoms with E-state index in [4.69, 9.17) is 18.9 Å². The molecule has 2 rings (SSSR count). The number of epoxide rings is 1. The summed E-state index contributed by atoms with van der Waals surface area (Å²) in [7, 11) is 0. The summed E-state index contributed by atoms with van der Waals surface area (Å²) in [6.07, 6.45) is 1.30. The molecule has 4 nitrogen and oxygen atoms in total. The summed E-state index contributed by atoms with van der Waals surface area (Å²) in [5, 5.41) is 0. The smallest absolute Gasteiger partial charge is 0.147 e. The van der Waals surface area contributed by atoms with Crippen LogP contribution in [0.25, 0.3) is 0 Å². The third-order valence-corrected chi connectivity index (χ3v) is 2.53. The summed E-state index contributed by atoms with van der Waals surface area (Å²) in [6.45, 7) is 5.35. The monoisotopic (exact) mass is 188 g/mol. The molecule has 0 aromatic heterocycles. The molecule has 0 amide bonds. The third kappa shape index (κ3) is 2.40. The molecule has 4 heteroatoms. The Morgan fingerprint density at radius 3 is 2.69 bits per heavy atom. The van der Waals surface area contributed by atoms with E-state index in [1.165, 1.54) is 0 Å². The molecule has 1 unspecified atom stereocenters. The van der Waals surface area contributed by atoms with Gasteiger partial charge in [0, 0.05) is 0 Å². The van der Waals surface area contributed by atoms with Gasteiger partial charge in [-0.25, -0.2) is 0 Å². The zero-order valence-corrected chi connectivity index (χ0v) is 7.95. The van der Waals surface area contributed by atoms with Crippen LogP contribution < -0.4 is 0 Å². The van der Waals surface area contributed by atoms with Crippen LogP contribution in [0.1, 0.15) is 13.3 Å². The molecule has 0 aromatic carbocycles. The Labute approximate surface area is 78.1 Å². The van der Waals surface area contributed by atoms with Crippen molar-refractivity contribution in [2.24, 2.45) is 0 Å². The highest BCUT2D eigenvalue weighted by molar-refractivity contribution is 4.85. The Morgan fingerprint density at radius 1 is 1.46 bits per heavy atom. The zero-order chi connectivity index (χ0) is 9.15. The van der Waals surface area contributed by atoms with Crippen LogP contribution in [-0.2, 0) is 18.9 Å². The van der Waals surface area contributed by atoms with Crippen molar-refractivity contribution in [3.8, 4) is 0 Å². The summed E-state index contributed by atoms with van der Waals surface area (Å²) in [5.74, 6) is 0. The second-order valence-electron chi connectivity index (χ2n) is 3.62. The van der Waals surface area contributed by atoms with Crippen molar-refractivity contribution < 1.29 is 18.9 Å². The maximum absolute atomic E-state index is 5.59. The SMILES string of the molecule is CCC1(OCOCC2CO2)COC1. The molecule has 2 heterocycles. The highest BCUT2D eigenvalue weighted by Gasteiger charge is 2.38. The molecule has 0 bridgehead atoms. The molecule has 2 aliphatic heterocycles. The van der Waals surface area contributed by atoms with Gasteiger partial charge in [0.05, 0.1) is 26.4 Å². The average molecular weight is 188 g/mol. The highest BCUT2D eigenvalue weighted by Crippen LogP contribution is 2.25. The summed E-state index contributed by atoms with van der Waals surface area (Å²) >= 11 is 0. The molecule has 0 N–H and O–H groups in total. The Morgan fingerprint density at radius 2 is 2.23 bits per heavy atom. The molecular weight excluding hydrogens is 172 g/mol. The van der Waals surface area contributed by atoms with Crippen molar-refractivity contribution >= 4 is 0 Å². The molecule has 13 heavy (non-hydrogen) atoms. The Balaban J connectivity index is 1.54. The van der Waals surface area contributed by atoms with Crippen LogP contribution in [0.5, 0.6) is 0 Å². The van der Waals surface area contributed by atoms with Gasteiger partial charge < -0.3 is 18.9 Å². The second-order valence-corrected chi connectivity index (χ2v) is 3.62. The molecule has 0 spiro atoms. The van der Waals surface area contributed by atoms with Crippen LogP contribution in [0.4, 0.5) is 0 Å². The lowest BCUT2D eigenvalue weighted by Gasteiger charge is -2.40. The van der Waals surface area contributed by atoms with Crippen molar-refractivity contribution in [2.75, 3.05) is 33.2 Å². The van der Waals surface area contributed by atoms with E-state index >= 15 is 0 Å². The van der Waals surface area contributed by atoms with Crippen molar-refractivity contribution in [1.29, 1.82) is 0 Å². The zero-order valence-electron chi connectivity index (χ0n) is 7.95. The first-order valence-corrected chi connectivity index (χ1v) is 4.76. The second kappa shape index (κ2) is 3.92. The lowest BCUT2D eigenvalue weighted by molar-refractivity contribution is -0.246. The fraction of sp³-hybridized carbons (Fsp3) is 1.00. The van der Waals surface area contributed by atoms with Crippen LogP contribution in [0.2, 0.25) is 0 Å². The van der Waals surface area contributed by atoms with Gasteiger partial charge in [-0.1, -0.05) is 6.92 Å². The molecule has 76 valence electrons. The lowest BCUT2D eigenvalue weighted by atomic mass is 9.99. The van der Waals surface area contributed by atoms with Gasteiger partial charge in [-0.2, -0.15) is 0 Å². The van der Waals surface area contributed by atoms with Gasteiger partial charge in [0.15, 0.2) is 0 Å². The summed E-state index contributed by atoms with van der Waals surface area (Å²) < 4.78 is 21.0. The number of hydrogen-bond acceptors (Lipinski definition) is 4. The standard InChI is InChI=1S/C9H16O4/c1-2-9(5-11-6-9)13-7-10-3-8-4-12-8/h8H,2-7H2,1H3. The van der Waals surface area contributed by atoms with Crippen LogP contribution in [-0.4, -0.2) is 44.9 Å². The van der Waals surface area contributed by atoms with E-state index in [1.807, 2.05) is 0 Å². The highest BCUT2D eigenvalue weighted by atomic mass is 16.7. The molecule has 0 aliphatic carbocycles. The van der Waals surface area contributed by atoms with Crippen LogP contribution in [0.3, 0.4) is 0 Å². The van der Waals surface area contributed by atoms with E-state index in [0.717, 1.165) is 13.0 Å². The first kappa shape index (κ1) is 9.40. The summed E-state index contributed by atoms with van der Waals surface area (Å²) in [4.78, 5) is 0. The van der Waals surface area contributed by atoms with Crippen molar-refractivity contribution in [3.63, 3.8) is 0 Å². The van der Waals surface area contributed by atoms with Gasteiger partial charge in [-0.15, -0.1) is 0 Å².